The summed E-state index contributed by atoms with van der Waals surface area (Å²) in [6, 6.07) is 0. The molecule has 11 nitrogen and oxygen atoms in total. The first-order valence-electron chi connectivity index (χ1n) is 29.2. The standard InChI is InChI=1S/C58H109O11P/c1-4-7-10-13-16-19-22-25-27-30-33-36-39-42-45-48-57(61)68-54(50-59)52-66-70(63,64)67-53-55(51-65-56(60)47-44-41-38-35-32-29-24-21-18-15-12-9-6-3)69-58(62)49-46-43-40-37-34-31-28-26-23-20-17-14-11-8-5-2/h21,24,26,28,54-55,59H,4-20,22-23,25,27,29-53H2,1-3H3,(H,63,64)/b24-21-,28-26-. The summed E-state index contributed by atoms with van der Waals surface area (Å²) in [7, 11) is -4.74. The zero-order chi connectivity index (χ0) is 51.3. The van der Waals surface area contributed by atoms with E-state index in [2.05, 4.69) is 45.1 Å². The lowest BCUT2D eigenvalue weighted by Crippen LogP contribution is -2.30. The van der Waals surface area contributed by atoms with Gasteiger partial charge in [-0.3, -0.25) is 23.4 Å². The topological polar surface area (TPSA) is 155 Å². The fourth-order valence-corrected chi connectivity index (χ4v) is 9.13. The van der Waals surface area contributed by atoms with Crippen molar-refractivity contribution in [1.82, 2.24) is 0 Å². The molecule has 0 spiro atoms. The van der Waals surface area contributed by atoms with Crippen molar-refractivity contribution < 1.29 is 52.2 Å². The van der Waals surface area contributed by atoms with Crippen LogP contribution in [0.3, 0.4) is 0 Å². The third-order valence-electron chi connectivity index (χ3n) is 12.8. The normalized spacial score (nSPS) is 13.5. The van der Waals surface area contributed by atoms with Crippen LogP contribution in [0.25, 0.3) is 0 Å². The van der Waals surface area contributed by atoms with Crippen LogP contribution < -0.4 is 0 Å². The van der Waals surface area contributed by atoms with E-state index in [0.717, 1.165) is 96.3 Å². The van der Waals surface area contributed by atoms with E-state index in [9.17, 15) is 28.9 Å². The number of ether oxygens (including phenoxy) is 3. The van der Waals surface area contributed by atoms with Crippen LogP contribution in [0, 0.1) is 0 Å². The fraction of sp³-hybridized carbons (Fsp3) is 0.879. The summed E-state index contributed by atoms with van der Waals surface area (Å²) in [6.07, 6.45) is 52.7. The van der Waals surface area contributed by atoms with Crippen molar-refractivity contribution in [2.24, 2.45) is 0 Å². The largest absolute Gasteiger partial charge is 0.472 e. The molecule has 0 radical (unpaired) electrons. The number of phosphoric acid groups is 1. The smallest absolute Gasteiger partial charge is 0.462 e. The summed E-state index contributed by atoms with van der Waals surface area (Å²) in [5.41, 5.74) is 0. The van der Waals surface area contributed by atoms with Crippen LogP contribution in [0.4, 0.5) is 0 Å². The monoisotopic (exact) mass is 1010 g/mol. The predicted molar refractivity (Wildman–Crippen MR) is 289 cm³/mol. The summed E-state index contributed by atoms with van der Waals surface area (Å²) >= 11 is 0. The molecule has 0 fully saturated rings. The molecular weight excluding hydrogens is 904 g/mol. The Labute approximate surface area is 429 Å². The minimum absolute atomic E-state index is 0.160. The van der Waals surface area contributed by atoms with Gasteiger partial charge in [0, 0.05) is 19.3 Å². The van der Waals surface area contributed by atoms with Gasteiger partial charge in [0.2, 0.25) is 0 Å². The molecule has 0 amide bonds. The second-order valence-electron chi connectivity index (χ2n) is 19.8. The molecule has 0 rings (SSSR count). The molecule has 3 unspecified atom stereocenters. The van der Waals surface area contributed by atoms with Crippen LogP contribution in [0.15, 0.2) is 24.3 Å². The maximum absolute atomic E-state index is 12.9. The molecule has 0 heterocycles. The highest BCUT2D eigenvalue weighted by Crippen LogP contribution is 2.43. The Morgan fingerprint density at radius 1 is 0.386 bits per heavy atom. The number of unbranched alkanes of at least 4 members (excludes halogenated alkanes) is 34. The lowest BCUT2D eigenvalue weighted by Gasteiger charge is -2.21. The third kappa shape index (κ3) is 50.9. The van der Waals surface area contributed by atoms with Gasteiger partial charge in [-0.15, -0.1) is 0 Å². The van der Waals surface area contributed by atoms with Crippen molar-refractivity contribution in [1.29, 1.82) is 0 Å². The number of carbonyl (C=O) groups excluding carboxylic acids is 3. The molecule has 0 saturated carbocycles. The molecule has 12 heteroatoms. The first-order valence-corrected chi connectivity index (χ1v) is 30.7. The molecule has 0 aromatic rings. The van der Waals surface area contributed by atoms with Gasteiger partial charge < -0.3 is 24.2 Å². The fourth-order valence-electron chi connectivity index (χ4n) is 8.35. The maximum Gasteiger partial charge on any atom is 0.472 e. The van der Waals surface area contributed by atoms with Gasteiger partial charge in [-0.25, -0.2) is 4.57 Å². The number of rotatable bonds is 55. The number of esters is 3. The van der Waals surface area contributed by atoms with Crippen molar-refractivity contribution in [2.45, 2.75) is 303 Å². The Kier molecular flexibility index (Phi) is 51.7. The summed E-state index contributed by atoms with van der Waals surface area (Å²) < 4.78 is 39.5. The molecule has 2 N–H and O–H groups in total. The molecule has 0 aliphatic heterocycles. The number of hydrogen-bond donors (Lipinski definition) is 2. The van der Waals surface area contributed by atoms with Crippen LogP contribution >= 0.6 is 7.82 Å². The van der Waals surface area contributed by atoms with Gasteiger partial charge in [0.1, 0.15) is 12.7 Å². The average Bonchev–Trinajstić information content (AvgIpc) is 3.35. The van der Waals surface area contributed by atoms with Crippen LogP contribution in [-0.4, -0.2) is 66.5 Å². The molecule has 0 aliphatic rings. The summed E-state index contributed by atoms with van der Waals surface area (Å²) in [5.74, 6) is -1.46. The predicted octanol–water partition coefficient (Wildman–Crippen LogP) is 17.0. The average molecular weight is 1010 g/mol. The minimum Gasteiger partial charge on any atom is -0.462 e. The quantitative estimate of drug-likeness (QED) is 0.0197. The van der Waals surface area contributed by atoms with E-state index in [1.165, 1.54) is 135 Å². The van der Waals surface area contributed by atoms with Crippen LogP contribution in [0.2, 0.25) is 0 Å². The van der Waals surface area contributed by atoms with Crippen LogP contribution in [0.5, 0.6) is 0 Å². The highest BCUT2D eigenvalue weighted by atomic mass is 31.2. The molecule has 3 atom stereocenters. The zero-order valence-electron chi connectivity index (χ0n) is 45.5. The van der Waals surface area contributed by atoms with Crippen molar-refractivity contribution in [3.8, 4) is 0 Å². The lowest BCUT2D eigenvalue weighted by molar-refractivity contribution is -0.161. The Morgan fingerprint density at radius 3 is 1.00 bits per heavy atom. The number of aliphatic hydroxyl groups is 1. The molecule has 0 saturated heterocycles. The Morgan fingerprint density at radius 2 is 0.657 bits per heavy atom. The molecule has 0 aromatic carbocycles. The molecule has 412 valence electrons. The van der Waals surface area contributed by atoms with E-state index in [1.807, 2.05) is 0 Å². The number of phosphoric ester groups is 1. The first-order chi connectivity index (χ1) is 34.2. The van der Waals surface area contributed by atoms with Gasteiger partial charge in [-0.05, 0) is 70.6 Å². The van der Waals surface area contributed by atoms with Gasteiger partial charge in [0.15, 0.2) is 6.10 Å². The summed E-state index contributed by atoms with van der Waals surface area (Å²) in [5, 5.41) is 9.81. The zero-order valence-corrected chi connectivity index (χ0v) is 46.4. The van der Waals surface area contributed by atoms with Crippen molar-refractivity contribution in [3.63, 3.8) is 0 Å². The molecule has 0 bridgehead atoms. The Hall–Kier alpha value is -2.04. The van der Waals surface area contributed by atoms with Crippen molar-refractivity contribution in [2.75, 3.05) is 26.4 Å². The van der Waals surface area contributed by atoms with Gasteiger partial charge >= 0.3 is 25.7 Å². The Balaban J connectivity index is 4.68. The second-order valence-corrected chi connectivity index (χ2v) is 21.3. The van der Waals surface area contributed by atoms with E-state index in [4.69, 9.17) is 23.3 Å². The SMILES string of the molecule is CCCCCC/C=C\CCCCCCCC(=O)OCC(COP(=O)(O)OCC(CO)OC(=O)CCCCCCCCCCCCCCCCC)OC(=O)CCCCCCC/C=C\CCCCCCCC. The second kappa shape index (κ2) is 53.3. The van der Waals surface area contributed by atoms with E-state index >= 15 is 0 Å². The Bertz CT molecular complexity index is 1270. The summed E-state index contributed by atoms with van der Waals surface area (Å²) in [4.78, 5) is 48.5. The molecule has 0 aliphatic carbocycles. The third-order valence-corrected chi connectivity index (χ3v) is 13.8. The number of carbonyl (C=O) groups is 3. The van der Waals surface area contributed by atoms with Gasteiger partial charge in [-0.1, -0.05) is 225 Å². The van der Waals surface area contributed by atoms with Crippen molar-refractivity contribution in [3.05, 3.63) is 24.3 Å². The highest BCUT2D eigenvalue weighted by molar-refractivity contribution is 7.47. The summed E-state index contributed by atoms with van der Waals surface area (Å²) in [6.45, 7) is 4.65. The number of allylic oxidation sites excluding steroid dienone is 4. The van der Waals surface area contributed by atoms with E-state index < -0.39 is 57.8 Å². The minimum atomic E-state index is -4.74. The van der Waals surface area contributed by atoms with E-state index in [-0.39, 0.29) is 25.9 Å². The van der Waals surface area contributed by atoms with Gasteiger partial charge in [-0.2, -0.15) is 0 Å². The van der Waals surface area contributed by atoms with E-state index in [0.29, 0.717) is 19.3 Å². The molecular formula is C58H109O11P. The number of aliphatic hydroxyl groups excluding tert-OH is 1. The van der Waals surface area contributed by atoms with E-state index in [1.54, 1.807) is 0 Å². The maximum atomic E-state index is 12.9. The molecule has 0 aromatic heterocycles. The van der Waals surface area contributed by atoms with Crippen LogP contribution in [0.1, 0.15) is 290 Å². The van der Waals surface area contributed by atoms with Crippen molar-refractivity contribution >= 4 is 25.7 Å². The highest BCUT2D eigenvalue weighted by Gasteiger charge is 2.28. The van der Waals surface area contributed by atoms with Gasteiger partial charge in [0.25, 0.3) is 0 Å². The van der Waals surface area contributed by atoms with Gasteiger partial charge in [0.05, 0.1) is 19.8 Å². The lowest BCUT2D eigenvalue weighted by atomic mass is 10.0. The van der Waals surface area contributed by atoms with Crippen LogP contribution in [-0.2, 0) is 42.2 Å². The first kappa shape index (κ1) is 68.0. The molecule has 70 heavy (non-hydrogen) atoms. The number of hydrogen-bond acceptors (Lipinski definition) is 10.